The van der Waals surface area contributed by atoms with E-state index in [1.54, 1.807) is 25.1 Å². The van der Waals surface area contributed by atoms with Crippen LogP contribution in [-0.4, -0.2) is 106 Å². The van der Waals surface area contributed by atoms with Crippen molar-refractivity contribution in [2.75, 3.05) is 19.7 Å². The van der Waals surface area contributed by atoms with E-state index in [9.17, 15) is 39.5 Å². The normalized spacial score (nSPS) is 18.7. The van der Waals surface area contributed by atoms with Gasteiger partial charge < -0.3 is 25.2 Å². The van der Waals surface area contributed by atoms with E-state index in [2.05, 4.69) is 22.5 Å². The van der Waals surface area contributed by atoms with Gasteiger partial charge in [0.15, 0.2) is 6.04 Å². The molecule has 5 N–H and O–H groups in total. The number of nitrogens with zero attached hydrogens (tertiary/aromatic N) is 3. The van der Waals surface area contributed by atoms with Crippen LogP contribution in [-0.2, 0) is 33.4 Å². The molecule has 4 amide bonds. The van der Waals surface area contributed by atoms with Gasteiger partial charge in [0.1, 0.15) is 30.5 Å². The van der Waals surface area contributed by atoms with Crippen LogP contribution in [0.3, 0.4) is 0 Å². The molecule has 15 heteroatoms. The second-order valence-electron chi connectivity index (χ2n) is 14.7. The van der Waals surface area contributed by atoms with Gasteiger partial charge in [0.2, 0.25) is 24.1 Å². The number of rotatable bonds is 26. The molecule has 0 spiro atoms. The molecule has 0 aromatic heterocycles. The van der Waals surface area contributed by atoms with Gasteiger partial charge in [-0.3, -0.25) is 29.6 Å². The molecule has 1 aromatic rings. The molecule has 5 atom stereocenters. The van der Waals surface area contributed by atoms with E-state index in [-0.39, 0.29) is 44.2 Å². The highest BCUT2D eigenvalue weighted by molar-refractivity contribution is 6.00. The van der Waals surface area contributed by atoms with Crippen LogP contribution in [0.25, 0.3) is 0 Å². The number of hydrogen-bond acceptors (Lipinski definition) is 11. The SMILES string of the molecule is CCCCCCCCCCCCCC(OC(=O)[C@@H](CCCCN(O)C=O)NC(=O)[C@H]1COC(c2ccccc2O)=N1)C(C)C(=O)N[C@@H]1CCCCN(O)C1=O. The zero-order valence-corrected chi connectivity index (χ0v) is 32.7. The monoisotopic (exact) mass is 773 g/mol. The lowest BCUT2D eigenvalue weighted by Gasteiger charge is -2.28. The first-order valence-corrected chi connectivity index (χ1v) is 20.3. The Balaban J connectivity index is 1.69. The number of hydrogen-bond donors (Lipinski definition) is 5. The van der Waals surface area contributed by atoms with E-state index in [0.717, 1.165) is 25.7 Å². The molecule has 2 aliphatic heterocycles. The van der Waals surface area contributed by atoms with Crippen LogP contribution < -0.4 is 10.6 Å². The topological polar surface area (TPSA) is 207 Å². The first-order valence-electron chi connectivity index (χ1n) is 20.3. The smallest absolute Gasteiger partial charge is 0.328 e. The van der Waals surface area contributed by atoms with Gasteiger partial charge >= 0.3 is 5.97 Å². The third-order valence-electron chi connectivity index (χ3n) is 10.3. The van der Waals surface area contributed by atoms with E-state index >= 15 is 0 Å². The summed E-state index contributed by atoms with van der Waals surface area (Å²) in [6, 6.07) is 3.37. The van der Waals surface area contributed by atoms with Gasteiger partial charge in [-0.2, -0.15) is 0 Å². The minimum absolute atomic E-state index is 0.0216. The van der Waals surface area contributed by atoms with Crippen molar-refractivity contribution in [2.24, 2.45) is 10.9 Å². The summed E-state index contributed by atoms with van der Waals surface area (Å²) in [5.41, 5.74) is 0.326. The van der Waals surface area contributed by atoms with Crippen LogP contribution in [0.1, 0.15) is 135 Å². The Kier molecular flexibility index (Phi) is 20.5. The Morgan fingerprint density at radius 3 is 2.33 bits per heavy atom. The average molecular weight is 774 g/mol. The van der Waals surface area contributed by atoms with Crippen molar-refractivity contribution in [1.29, 1.82) is 0 Å². The molecule has 308 valence electrons. The number of aromatic hydroxyl groups is 1. The Morgan fingerprint density at radius 1 is 1.00 bits per heavy atom. The lowest BCUT2D eigenvalue weighted by atomic mass is 9.96. The maximum atomic E-state index is 13.9. The molecule has 3 rings (SSSR count). The summed E-state index contributed by atoms with van der Waals surface area (Å²) in [5, 5.41) is 36.5. The van der Waals surface area contributed by atoms with Gasteiger partial charge in [-0.1, -0.05) is 90.2 Å². The molecule has 15 nitrogen and oxygen atoms in total. The summed E-state index contributed by atoms with van der Waals surface area (Å²) in [6.07, 6.45) is 14.5. The van der Waals surface area contributed by atoms with Crippen LogP contribution in [0.4, 0.5) is 0 Å². The van der Waals surface area contributed by atoms with Crippen LogP contribution in [0, 0.1) is 5.92 Å². The number of aliphatic imine (C=N–C) groups is 1. The van der Waals surface area contributed by atoms with Crippen LogP contribution in [0.15, 0.2) is 29.3 Å². The van der Waals surface area contributed by atoms with E-state index in [1.165, 1.54) is 44.6 Å². The molecular formula is C40H63N5O10. The molecule has 2 unspecified atom stereocenters. The third-order valence-corrected chi connectivity index (χ3v) is 10.3. The van der Waals surface area contributed by atoms with Crippen molar-refractivity contribution < 1.29 is 49.0 Å². The fourth-order valence-corrected chi connectivity index (χ4v) is 6.78. The molecule has 1 aromatic carbocycles. The molecule has 0 saturated carbocycles. The fraction of sp³-hybridized carbons (Fsp3) is 0.700. The second-order valence-corrected chi connectivity index (χ2v) is 14.7. The van der Waals surface area contributed by atoms with Crippen molar-refractivity contribution in [1.82, 2.24) is 20.8 Å². The van der Waals surface area contributed by atoms with E-state index in [0.29, 0.717) is 60.6 Å². The number of carbonyl (C=O) groups is 5. The Bertz CT molecular complexity index is 1390. The number of hydroxylamine groups is 4. The summed E-state index contributed by atoms with van der Waals surface area (Å²) in [5.74, 6) is -3.24. The molecule has 0 radical (unpaired) electrons. The fourth-order valence-electron chi connectivity index (χ4n) is 6.78. The van der Waals surface area contributed by atoms with Crippen LogP contribution in [0.5, 0.6) is 5.75 Å². The summed E-state index contributed by atoms with van der Waals surface area (Å²) in [7, 11) is 0. The quantitative estimate of drug-likeness (QED) is 0.0274. The standard InChI is InChI=1S/C40H63N5O10/c1-3-4-5-6-7-8-9-10-11-12-13-24-35(29(2)36(48)41-31-21-17-19-26-45(53)39(31)50)55-40(51)32(22-16-18-25-44(52)28-46)42-37(49)33-27-54-38(43-33)30-20-14-15-23-34(30)47/h14-15,20,23,28-29,31-33,35,47,52-53H,3-13,16-19,21-22,24-27H2,1-2H3,(H,41,48)(H,42,49)/t29?,31-,32-,33-,35?/m1/s1. The Labute approximate surface area is 325 Å². The number of phenolic OH excluding ortho intramolecular Hbond substituents is 1. The third kappa shape index (κ3) is 15.8. The molecule has 55 heavy (non-hydrogen) atoms. The number of esters is 1. The van der Waals surface area contributed by atoms with Gasteiger partial charge in [0.25, 0.3) is 5.91 Å². The molecule has 2 aliphatic rings. The van der Waals surface area contributed by atoms with Gasteiger partial charge in [-0.15, -0.1) is 0 Å². The Hall–Kier alpha value is -4.24. The van der Waals surface area contributed by atoms with Crippen molar-refractivity contribution in [3.63, 3.8) is 0 Å². The highest BCUT2D eigenvalue weighted by Gasteiger charge is 2.36. The number of para-hydroxylation sites is 1. The zero-order valence-electron chi connectivity index (χ0n) is 32.7. The van der Waals surface area contributed by atoms with E-state index < -0.39 is 53.8 Å². The summed E-state index contributed by atoms with van der Waals surface area (Å²) in [6.45, 7) is 3.94. The largest absolute Gasteiger partial charge is 0.507 e. The van der Waals surface area contributed by atoms with Gasteiger partial charge in [0.05, 0.1) is 11.5 Å². The number of unbranched alkanes of at least 4 members (excludes halogenated alkanes) is 11. The first-order chi connectivity index (χ1) is 26.5. The first kappa shape index (κ1) is 45.2. The predicted octanol–water partition coefficient (Wildman–Crippen LogP) is 5.18. The highest BCUT2D eigenvalue weighted by atomic mass is 16.5. The van der Waals surface area contributed by atoms with Crippen molar-refractivity contribution in [2.45, 2.75) is 154 Å². The highest BCUT2D eigenvalue weighted by Crippen LogP contribution is 2.23. The molecule has 1 saturated heterocycles. The number of nitrogens with one attached hydrogen (secondary N) is 2. The second kappa shape index (κ2) is 25.0. The van der Waals surface area contributed by atoms with Crippen molar-refractivity contribution in [3.05, 3.63) is 29.8 Å². The van der Waals surface area contributed by atoms with Crippen molar-refractivity contribution >= 4 is 36.0 Å². The summed E-state index contributed by atoms with van der Waals surface area (Å²) in [4.78, 5) is 68.8. The number of ether oxygens (including phenoxy) is 2. The average Bonchev–Trinajstić information content (AvgIpc) is 3.62. The number of benzene rings is 1. The molecule has 2 heterocycles. The number of carbonyl (C=O) groups excluding carboxylic acids is 5. The zero-order chi connectivity index (χ0) is 40.0. The molecular weight excluding hydrogens is 710 g/mol. The molecule has 0 bridgehead atoms. The lowest BCUT2D eigenvalue weighted by molar-refractivity contribution is -0.167. The van der Waals surface area contributed by atoms with Gasteiger partial charge in [0, 0.05) is 13.1 Å². The summed E-state index contributed by atoms with van der Waals surface area (Å²) < 4.78 is 11.6. The van der Waals surface area contributed by atoms with E-state index in [1.807, 2.05) is 0 Å². The summed E-state index contributed by atoms with van der Waals surface area (Å²) >= 11 is 0. The molecule has 0 aliphatic carbocycles. The molecule has 1 fully saturated rings. The van der Waals surface area contributed by atoms with Crippen LogP contribution in [0.2, 0.25) is 0 Å². The maximum absolute atomic E-state index is 13.9. The van der Waals surface area contributed by atoms with Gasteiger partial charge in [-0.05, 0) is 63.5 Å². The Morgan fingerprint density at radius 2 is 1.65 bits per heavy atom. The predicted molar refractivity (Wildman–Crippen MR) is 204 cm³/mol. The number of phenols is 1. The minimum atomic E-state index is -1.15. The van der Waals surface area contributed by atoms with Crippen LogP contribution >= 0.6 is 0 Å². The van der Waals surface area contributed by atoms with Crippen molar-refractivity contribution in [3.8, 4) is 5.75 Å². The number of amides is 4. The van der Waals surface area contributed by atoms with Gasteiger partial charge in [-0.25, -0.2) is 19.9 Å². The van der Waals surface area contributed by atoms with E-state index in [4.69, 9.17) is 9.47 Å². The lowest BCUT2D eigenvalue weighted by Crippen LogP contribution is -2.51. The minimum Gasteiger partial charge on any atom is -0.507 e. The maximum Gasteiger partial charge on any atom is 0.328 e.